The molecular formula is C15H21N3O. The molecule has 0 bridgehead atoms. The van der Waals surface area contributed by atoms with Crippen LogP contribution in [0.25, 0.3) is 0 Å². The highest BCUT2D eigenvalue weighted by Gasteiger charge is 2.22. The molecule has 4 heteroatoms. The quantitative estimate of drug-likeness (QED) is 0.824. The first-order valence-corrected chi connectivity index (χ1v) is 7.18. The number of aryl methyl sites for hydroxylation is 1. The number of fused-ring (bicyclic) bond motifs is 1. The predicted octanol–water partition coefficient (Wildman–Crippen LogP) is 1.79. The van der Waals surface area contributed by atoms with Crippen molar-refractivity contribution in [1.82, 2.24) is 14.9 Å². The molecule has 19 heavy (non-hydrogen) atoms. The van der Waals surface area contributed by atoms with Crippen LogP contribution in [0.3, 0.4) is 0 Å². The van der Waals surface area contributed by atoms with Crippen molar-refractivity contribution >= 4 is 0 Å². The monoisotopic (exact) mass is 259 g/mol. The Labute approximate surface area is 113 Å². The molecule has 3 rings (SSSR count). The Hall–Kier alpha value is -1.42. The minimum atomic E-state index is 0.0516. The molecule has 102 valence electrons. The molecule has 1 aromatic heterocycles. The van der Waals surface area contributed by atoms with Crippen LogP contribution in [0.1, 0.15) is 36.3 Å². The summed E-state index contributed by atoms with van der Waals surface area (Å²) in [4.78, 5) is 21.7. The van der Waals surface area contributed by atoms with Gasteiger partial charge in [0.1, 0.15) is 5.82 Å². The van der Waals surface area contributed by atoms with Gasteiger partial charge in [-0.25, -0.2) is 4.98 Å². The van der Waals surface area contributed by atoms with Gasteiger partial charge in [-0.1, -0.05) is 12.2 Å². The van der Waals surface area contributed by atoms with E-state index in [1.165, 1.54) is 19.3 Å². The van der Waals surface area contributed by atoms with Crippen molar-refractivity contribution in [3.8, 4) is 0 Å². The van der Waals surface area contributed by atoms with Crippen molar-refractivity contribution in [3.63, 3.8) is 0 Å². The highest BCUT2D eigenvalue weighted by Crippen LogP contribution is 2.22. The lowest BCUT2D eigenvalue weighted by Gasteiger charge is -2.31. The number of nitrogens with one attached hydrogen (secondary N) is 1. The molecule has 1 aromatic rings. The topological polar surface area (TPSA) is 49.0 Å². The maximum Gasteiger partial charge on any atom is 0.255 e. The molecule has 0 amide bonds. The van der Waals surface area contributed by atoms with Gasteiger partial charge in [0, 0.05) is 26.1 Å². The van der Waals surface area contributed by atoms with Gasteiger partial charge in [0.05, 0.1) is 11.3 Å². The number of hydrogen-bond donors (Lipinski definition) is 1. The second-order valence-corrected chi connectivity index (χ2v) is 5.71. The van der Waals surface area contributed by atoms with Crippen LogP contribution in [0.4, 0.5) is 0 Å². The van der Waals surface area contributed by atoms with Gasteiger partial charge in [0.15, 0.2) is 0 Å². The summed E-state index contributed by atoms with van der Waals surface area (Å²) in [6.07, 6.45) is 9.15. The van der Waals surface area contributed by atoms with E-state index in [1.807, 2.05) is 6.92 Å². The van der Waals surface area contributed by atoms with Gasteiger partial charge in [-0.3, -0.25) is 9.69 Å². The van der Waals surface area contributed by atoms with Crippen molar-refractivity contribution in [1.29, 1.82) is 0 Å². The standard InChI is InChI=1S/C15H21N3O/c1-11-16-14-7-8-18(10-13(14)15(19)17-11)9-12-5-3-2-4-6-12/h2-3,12H,4-10H2,1H3,(H,16,17,19). The van der Waals surface area contributed by atoms with Gasteiger partial charge in [-0.2, -0.15) is 0 Å². The van der Waals surface area contributed by atoms with Gasteiger partial charge in [-0.15, -0.1) is 0 Å². The molecule has 1 atom stereocenters. The Kier molecular flexibility index (Phi) is 3.51. The molecule has 1 aliphatic carbocycles. The molecule has 4 nitrogen and oxygen atoms in total. The average Bonchev–Trinajstić information content (AvgIpc) is 2.40. The van der Waals surface area contributed by atoms with E-state index in [0.29, 0.717) is 0 Å². The van der Waals surface area contributed by atoms with Crippen LogP contribution >= 0.6 is 0 Å². The van der Waals surface area contributed by atoms with Crippen LogP contribution in [-0.2, 0) is 13.0 Å². The van der Waals surface area contributed by atoms with Crippen LogP contribution in [0, 0.1) is 12.8 Å². The molecule has 0 saturated carbocycles. The van der Waals surface area contributed by atoms with Crippen LogP contribution in [0.5, 0.6) is 0 Å². The summed E-state index contributed by atoms with van der Waals surface area (Å²) in [6.45, 7) is 4.75. The normalized spacial score (nSPS) is 23.3. The first-order valence-electron chi connectivity index (χ1n) is 7.18. The van der Waals surface area contributed by atoms with E-state index in [2.05, 4.69) is 27.0 Å². The maximum atomic E-state index is 12.0. The largest absolute Gasteiger partial charge is 0.310 e. The smallest absolute Gasteiger partial charge is 0.255 e. The molecule has 2 aliphatic rings. The van der Waals surface area contributed by atoms with Gasteiger partial charge in [0.2, 0.25) is 0 Å². The number of nitrogens with zero attached hydrogens (tertiary/aromatic N) is 2. The Balaban J connectivity index is 1.71. The van der Waals surface area contributed by atoms with E-state index in [0.717, 1.165) is 49.1 Å². The van der Waals surface area contributed by atoms with Crippen LogP contribution in [0.2, 0.25) is 0 Å². The summed E-state index contributed by atoms with van der Waals surface area (Å²) >= 11 is 0. The lowest BCUT2D eigenvalue weighted by atomic mass is 9.93. The first-order chi connectivity index (χ1) is 9.22. The number of allylic oxidation sites excluding steroid dienone is 2. The summed E-state index contributed by atoms with van der Waals surface area (Å²) in [5.74, 6) is 1.48. The van der Waals surface area contributed by atoms with Gasteiger partial charge < -0.3 is 4.98 Å². The third kappa shape index (κ3) is 2.78. The number of aromatic amines is 1. The van der Waals surface area contributed by atoms with Crippen LogP contribution in [0.15, 0.2) is 16.9 Å². The van der Waals surface area contributed by atoms with E-state index < -0.39 is 0 Å². The lowest BCUT2D eigenvalue weighted by molar-refractivity contribution is 0.204. The molecular weight excluding hydrogens is 238 g/mol. The van der Waals surface area contributed by atoms with Gasteiger partial charge in [0.25, 0.3) is 5.56 Å². The van der Waals surface area contributed by atoms with E-state index in [1.54, 1.807) is 0 Å². The molecule has 0 fully saturated rings. The third-order valence-corrected chi connectivity index (χ3v) is 4.16. The average molecular weight is 259 g/mol. The van der Waals surface area contributed by atoms with Crippen molar-refractivity contribution in [3.05, 3.63) is 39.6 Å². The van der Waals surface area contributed by atoms with Crippen LogP contribution < -0.4 is 5.56 Å². The highest BCUT2D eigenvalue weighted by atomic mass is 16.1. The molecule has 0 spiro atoms. The van der Waals surface area contributed by atoms with E-state index in [-0.39, 0.29) is 5.56 Å². The molecule has 2 heterocycles. The molecule has 0 aromatic carbocycles. The van der Waals surface area contributed by atoms with E-state index in [9.17, 15) is 4.79 Å². The lowest BCUT2D eigenvalue weighted by Crippen LogP contribution is -2.38. The summed E-state index contributed by atoms with van der Waals surface area (Å²) in [7, 11) is 0. The fourth-order valence-electron chi connectivity index (χ4n) is 3.15. The van der Waals surface area contributed by atoms with Crippen molar-refractivity contribution in [2.45, 2.75) is 39.2 Å². The van der Waals surface area contributed by atoms with Crippen LogP contribution in [-0.4, -0.2) is 28.0 Å². The third-order valence-electron chi connectivity index (χ3n) is 4.16. The Morgan fingerprint density at radius 3 is 3.16 bits per heavy atom. The molecule has 1 unspecified atom stereocenters. The molecule has 1 aliphatic heterocycles. The first kappa shape index (κ1) is 12.6. The van der Waals surface area contributed by atoms with Crippen molar-refractivity contribution < 1.29 is 0 Å². The van der Waals surface area contributed by atoms with Gasteiger partial charge >= 0.3 is 0 Å². The number of hydrogen-bond acceptors (Lipinski definition) is 3. The maximum absolute atomic E-state index is 12.0. The zero-order chi connectivity index (χ0) is 13.2. The number of H-pyrrole nitrogens is 1. The Morgan fingerprint density at radius 2 is 2.37 bits per heavy atom. The minimum absolute atomic E-state index is 0.0516. The fourth-order valence-corrected chi connectivity index (χ4v) is 3.15. The zero-order valence-corrected chi connectivity index (χ0v) is 11.5. The van der Waals surface area contributed by atoms with E-state index >= 15 is 0 Å². The molecule has 0 radical (unpaired) electrons. The zero-order valence-electron chi connectivity index (χ0n) is 11.5. The number of rotatable bonds is 2. The van der Waals surface area contributed by atoms with Gasteiger partial charge in [-0.05, 0) is 32.1 Å². The molecule has 1 N–H and O–H groups in total. The second kappa shape index (κ2) is 5.29. The Morgan fingerprint density at radius 1 is 1.47 bits per heavy atom. The molecule has 0 saturated heterocycles. The summed E-state index contributed by atoms with van der Waals surface area (Å²) in [5.41, 5.74) is 1.93. The van der Waals surface area contributed by atoms with E-state index in [4.69, 9.17) is 0 Å². The predicted molar refractivity (Wildman–Crippen MR) is 75.1 cm³/mol. The van der Waals surface area contributed by atoms with Crippen molar-refractivity contribution in [2.24, 2.45) is 5.92 Å². The fraction of sp³-hybridized carbons (Fsp3) is 0.600. The minimum Gasteiger partial charge on any atom is -0.310 e. The van der Waals surface area contributed by atoms with Crippen molar-refractivity contribution in [2.75, 3.05) is 13.1 Å². The summed E-state index contributed by atoms with van der Waals surface area (Å²) in [6, 6.07) is 0. The number of aromatic nitrogens is 2. The second-order valence-electron chi connectivity index (χ2n) is 5.71. The SMILES string of the molecule is Cc1nc2c(c(=O)[nH]1)CN(CC1CC=CCC1)CC2. The highest BCUT2D eigenvalue weighted by molar-refractivity contribution is 5.20. The Bertz CT molecular complexity index is 547. The summed E-state index contributed by atoms with van der Waals surface area (Å²) in [5, 5.41) is 0. The summed E-state index contributed by atoms with van der Waals surface area (Å²) < 4.78 is 0.